The van der Waals surface area contributed by atoms with Crippen molar-refractivity contribution in [2.75, 3.05) is 13.1 Å². The van der Waals surface area contributed by atoms with Crippen LogP contribution in [0.4, 0.5) is 4.79 Å². The minimum Gasteiger partial charge on any atom is -0.445 e. The van der Waals surface area contributed by atoms with E-state index in [1.54, 1.807) is 23.1 Å². The van der Waals surface area contributed by atoms with Crippen LogP contribution in [0.3, 0.4) is 0 Å². The summed E-state index contributed by atoms with van der Waals surface area (Å²) in [6.07, 6.45) is 0.361. The number of hydrogen-bond acceptors (Lipinski definition) is 4. The molecule has 172 valence electrons. The second-order valence-electron chi connectivity index (χ2n) is 7.59. The molecule has 0 saturated carbocycles. The first-order valence-corrected chi connectivity index (χ1v) is 12.5. The lowest BCUT2D eigenvalue weighted by Gasteiger charge is -2.31. The summed E-state index contributed by atoms with van der Waals surface area (Å²) < 4.78 is 16.4. The molecule has 1 aliphatic heterocycles. The van der Waals surface area contributed by atoms with E-state index in [0.717, 1.165) is 0 Å². The van der Waals surface area contributed by atoms with Gasteiger partial charge in [0, 0.05) is 34.7 Å². The van der Waals surface area contributed by atoms with E-state index < -0.39 is 13.7 Å². The van der Waals surface area contributed by atoms with Crippen molar-refractivity contribution < 1.29 is 28.7 Å². The Kier molecular flexibility index (Phi) is 8.20. The van der Waals surface area contributed by atoms with Crippen molar-refractivity contribution in [3.05, 3.63) is 69.2 Å². The average Bonchev–Trinajstić information content (AvgIpc) is 2.71. The van der Waals surface area contributed by atoms with Crippen LogP contribution in [0.2, 0.25) is 10.0 Å². The van der Waals surface area contributed by atoms with Crippen LogP contribution in [0, 0.1) is 0 Å². The third-order valence-electron chi connectivity index (χ3n) is 4.98. The summed E-state index contributed by atoms with van der Waals surface area (Å²) in [6, 6.07) is 11.0. The summed E-state index contributed by atoms with van der Waals surface area (Å²) in [5, 5.41) is 3.87. The van der Waals surface area contributed by atoms with Gasteiger partial charge < -0.3 is 24.7 Å². The molecular formula is C21H23Cl2N2O6P. The number of piperidine rings is 1. The van der Waals surface area contributed by atoms with Crippen LogP contribution < -0.4 is 5.32 Å². The van der Waals surface area contributed by atoms with Gasteiger partial charge in [-0.2, -0.15) is 0 Å². The molecule has 0 aromatic heterocycles. The van der Waals surface area contributed by atoms with Gasteiger partial charge in [0.1, 0.15) is 6.61 Å². The maximum atomic E-state index is 12.4. The highest BCUT2D eigenvalue weighted by molar-refractivity contribution is 7.50. The zero-order valence-electron chi connectivity index (χ0n) is 17.0. The van der Waals surface area contributed by atoms with E-state index >= 15 is 0 Å². The average molecular weight is 501 g/mol. The maximum absolute atomic E-state index is 12.4. The fourth-order valence-corrected chi connectivity index (χ4v) is 4.66. The Morgan fingerprint density at radius 2 is 1.62 bits per heavy atom. The quantitative estimate of drug-likeness (QED) is 0.511. The molecule has 8 nitrogen and oxygen atoms in total. The number of amides is 2. The Morgan fingerprint density at radius 3 is 2.19 bits per heavy atom. The van der Waals surface area contributed by atoms with E-state index in [-0.39, 0.29) is 24.7 Å². The predicted molar refractivity (Wildman–Crippen MR) is 121 cm³/mol. The number of carbonyl (C=O) groups is 2. The molecular weight excluding hydrogens is 478 g/mol. The van der Waals surface area contributed by atoms with Crippen LogP contribution in [0.5, 0.6) is 0 Å². The van der Waals surface area contributed by atoms with Crippen LogP contribution in [0.25, 0.3) is 0 Å². The highest BCUT2D eigenvalue weighted by Gasteiger charge is 2.25. The van der Waals surface area contributed by atoms with Gasteiger partial charge in [-0.1, -0.05) is 35.3 Å². The molecule has 1 saturated heterocycles. The van der Waals surface area contributed by atoms with Crippen LogP contribution in [0.1, 0.15) is 34.3 Å². The summed E-state index contributed by atoms with van der Waals surface area (Å²) in [6.45, 7) is 0.955. The third kappa shape index (κ3) is 7.50. The molecule has 0 bridgehead atoms. The molecule has 0 radical (unpaired) electrons. The predicted octanol–water partition coefficient (Wildman–Crippen LogP) is 4.20. The van der Waals surface area contributed by atoms with Crippen molar-refractivity contribution in [1.82, 2.24) is 10.2 Å². The lowest BCUT2D eigenvalue weighted by molar-refractivity contribution is 0.0809. The number of halogens is 2. The zero-order chi connectivity index (χ0) is 23.3. The molecule has 2 amide bonds. The summed E-state index contributed by atoms with van der Waals surface area (Å²) in [4.78, 5) is 44.4. The smallest absolute Gasteiger partial charge is 0.410 e. The lowest BCUT2D eigenvalue weighted by Crippen LogP contribution is -2.46. The molecule has 1 fully saturated rings. The third-order valence-corrected chi connectivity index (χ3v) is 6.19. The molecule has 1 aliphatic rings. The Balaban J connectivity index is 1.44. The Hall–Kier alpha value is -2.09. The van der Waals surface area contributed by atoms with Crippen molar-refractivity contribution in [3.63, 3.8) is 0 Å². The van der Waals surface area contributed by atoms with Crippen LogP contribution in [-0.2, 0) is 22.1 Å². The summed E-state index contributed by atoms with van der Waals surface area (Å²) in [7, 11) is -4.15. The van der Waals surface area contributed by atoms with E-state index in [1.165, 1.54) is 24.3 Å². The van der Waals surface area contributed by atoms with E-state index in [9.17, 15) is 14.2 Å². The van der Waals surface area contributed by atoms with Gasteiger partial charge in [0.2, 0.25) is 0 Å². The van der Waals surface area contributed by atoms with Gasteiger partial charge in [0.25, 0.3) is 5.91 Å². The first-order chi connectivity index (χ1) is 15.1. The highest BCUT2D eigenvalue weighted by Crippen LogP contribution is 2.38. The van der Waals surface area contributed by atoms with Gasteiger partial charge in [0.15, 0.2) is 0 Å². The molecule has 0 aliphatic carbocycles. The number of hydrogen-bond donors (Lipinski definition) is 3. The molecule has 2 aromatic carbocycles. The number of benzene rings is 2. The molecule has 0 unspecified atom stereocenters. The Morgan fingerprint density at radius 1 is 1.03 bits per heavy atom. The largest absolute Gasteiger partial charge is 0.445 e. The summed E-state index contributed by atoms with van der Waals surface area (Å²) in [5.41, 5.74) is 1.56. The lowest BCUT2D eigenvalue weighted by atomic mass is 10.0. The molecule has 3 rings (SSSR count). The second-order valence-corrected chi connectivity index (χ2v) is 10.1. The fourth-order valence-electron chi connectivity index (χ4n) is 3.41. The summed E-state index contributed by atoms with van der Waals surface area (Å²) >= 11 is 11.9. The molecule has 1 heterocycles. The minimum atomic E-state index is -4.15. The van der Waals surface area contributed by atoms with Gasteiger partial charge in [-0.15, -0.1) is 0 Å². The number of nitrogens with one attached hydrogen (secondary N) is 1. The summed E-state index contributed by atoms with van der Waals surface area (Å²) in [5.74, 6) is -0.272. The van der Waals surface area contributed by atoms with E-state index in [2.05, 4.69) is 5.32 Å². The van der Waals surface area contributed by atoms with Gasteiger partial charge >= 0.3 is 13.7 Å². The van der Waals surface area contributed by atoms with Crippen molar-refractivity contribution in [1.29, 1.82) is 0 Å². The number of nitrogens with zero attached hydrogens (tertiary/aromatic N) is 1. The SMILES string of the molecule is O=C(NC1CCN(C(=O)OCc2cc(Cl)cc(Cl)c2)CC1)c1ccc(CP(=O)(O)O)cc1. The first-order valence-electron chi connectivity index (χ1n) is 9.90. The highest BCUT2D eigenvalue weighted by atomic mass is 35.5. The van der Waals surface area contributed by atoms with Gasteiger partial charge in [-0.3, -0.25) is 9.36 Å². The van der Waals surface area contributed by atoms with Gasteiger partial charge in [-0.05, 0) is 54.3 Å². The maximum Gasteiger partial charge on any atom is 0.410 e. The van der Waals surface area contributed by atoms with Gasteiger partial charge in [-0.25, -0.2) is 4.79 Å². The monoisotopic (exact) mass is 500 g/mol. The molecule has 11 heteroatoms. The van der Waals surface area contributed by atoms with E-state index in [0.29, 0.717) is 52.7 Å². The number of carbonyl (C=O) groups excluding carboxylic acids is 2. The number of ether oxygens (including phenoxy) is 1. The molecule has 3 N–H and O–H groups in total. The Bertz CT molecular complexity index is 999. The molecule has 2 aromatic rings. The number of rotatable bonds is 6. The van der Waals surface area contributed by atoms with Crippen LogP contribution in [-0.4, -0.2) is 45.8 Å². The minimum absolute atomic E-state index is 0.0633. The van der Waals surface area contributed by atoms with E-state index in [4.69, 9.17) is 37.7 Å². The standard InChI is InChI=1S/C21H23Cl2N2O6P/c22-17-9-15(10-18(23)11-17)12-31-21(27)25-7-5-19(6-8-25)24-20(26)16-3-1-14(2-4-16)13-32(28,29)30/h1-4,9-11,19H,5-8,12-13H2,(H,24,26)(H2,28,29,30). The first kappa shape index (κ1) is 24.6. The number of likely N-dealkylation sites (tertiary alicyclic amines) is 1. The van der Waals surface area contributed by atoms with Crippen molar-refractivity contribution >= 4 is 42.8 Å². The molecule has 0 atom stereocenters. The van der Waals surface area contributed by atoms with Gasteiger partial charge in [0.05, 0.1) is 6.16 Å². The van der Waals surface area contributed by atoms with Crippen molar-refractivity contribution in [2.24, 2.45) is 0 Å². The topological polar surface area (TPSA) is 116 Å². The zero-order valence-corrected chi connectivity index (χ0v) is 19.4. The van der Waals surface area contributed by atoms with E-state index in [1.807, 2.05) is 0 Å². The second kappa shape index (κ2) is 10.7. The molecule has 0 spiro atoms. The van der Waals surface area contributed by atoms with Crippen LogP contribution in [0.15, 0.2) is 42.5 Å². The molecule has 32 heavy (non-hydrogen) atoms. The van der Waals surface area contributed by atoms with Crippen LogP contribution >= 0.6 is 30.8 Å². The van der Waals surface area contributed by atoms with Crippen molar-refractivity contribution in [2.45, 2.75) is 31.7 Å². The fraction of sp³-hybridized carbons (Fsp3) is 0.333. The van der Waals surface area contributed by atoms with Crippen molar-refractivity contribution in [3.8, 4) is 0 Å². The normalized spacial score (nSPS) is 14.8. The Labute approximate surface area is 195 Å².